The smallest absolute Gasteiger partial charge is 0.0666 e. The van der Waals surface area contributed by atoms with Crippen LogP contribution in [0.3, 0.4) is 0 Å². The molecule has 2 N–H and O–H groups in total. The third-order valence-corrected chi connectivity index (χ3v) is 3.93. The molecule has 0 aliphatic carbocycles. The highest BCUT2D eigenvalue weighted by molar-refractivity contribution is 8.77. The van der Waals surface area contributed by atoms with Crippen LogP contribution in [-0.4, -0.2) is 36.2 Å². The van der Waals surface area contributed by atoms with E-state index in [1.807, 2.05) is 24.6 Å². The fourth-order valence-electron chi connectivity index (χ4n) is 0.413. The molecule has 0 spiro atoms. The van der Waals surface area contributed by atoms with E-state index in [2.05, 4.69) is 19.0 Å². The van der Waals surface area contributed by atoms with Crippen molar-refractivity contribution < 1.29 is 0 Å². The average Bonchev–Trinajstić information content (AvgIpc) is 1.78. The lowest BCUT2D eigenvalue weighted by Crippen LogP contribution is -2.26. The molecule has 68 valence electrons. The summed E-state index contributed by atoms with van der Waals surface area (Å²) in [6, 6.07) is 0. The summed E-state index contributed by atoms with van der Waals surface area (Å²) in [5.74, 6) is 1.14. The predicted molar refractivity (Wildman–Crippen MR) is 56.9 cm³/mol. The maximum atomic E-state index is 5.78. The highest BCUT2D eigenvalue weighted by atomic mass is 33.1. The van der Waals surface area contributed by atoms with Gasteiger partial charge in [0.2, 0.25) is 0 Å². The van der Waals surface area contributed by atoms with E-state index in [-0.39, 0.29) is 4.87 Å². The van der Waals surface area contributed by atoms with Crippen molar-refractivity contribution in [2.75, 3.05) is 26.4 Å². The Hall–Kier alpha value is 0.620. The summed E-state index contributed by atoms with van der Waals surface area (Å²) in [4.78, 5) is 2.08. The van der Waals surface area contributed by atoms with E-state index in [0.717, 1.165) is 12.3 Å². The van der Waals surface area contributed by atoms with Crippen molar-refractivity contribution in [3.8, 4) is 0 Å². The van der Waals surface area contributed by atoms with Gasteiger partial charge in [-0.25, -0.2) is 0 Å². The van der Waals surface area contributed by atoms with Gasteiger partial charge in [-0.15, -0.1) is 0 Å². The summed E-state index contributed by atoms with van der Waals surface area (Å²) in [5.41, 5.74) is 5.78. The number of nitrogens with two attached hydrogens (primary N) is 1. The van der Waals surface area contributed by atoms with Gasteiger partial charge in [-0.05, 0) is 27.9 Å². The van der Waals surface area contributed by atoms with Crippen molar-refractivity contribution in [3.63, 3.8) is 0 Å². The maximum Gasteiger partial charge on any atom is 0.0666 e. The van der Waals surface area contributed by atoms with Crippen molar-refractivity contribution in [1.82, 2.24) is 4.90 Å². The molecule has 0 rings (SSSR count). The van der Waals surface area contributed by atoms with E-state index >= 15 is 0 Å². The molecule has 0 fully saturated rings. The first-order valence-electron chi connectivity index (χ1n) is 3.66. The van der Waals surface area contributed by atoms with Gasteiger partial charge in [0, 0.05) is 12.3 Å². The minimum Gasteiger partial charge on any atom is -0.317 e. The van der Waals surface area contributed by atoms with Crippen LogP contribution in [0.25, 0.3) is 0 Å². The standard InChI is InChI=1S/C7H18N2S2/c1-7(2,8)11-10-6-5-9(3)4/h5-6,8H2,1-4H3. The van der Waals surface area contributed by atoms with Gasteiger partial charge in [0.1, 0.15) is 0 Å². The van der Waals surface area contributed by atoms with Crippen molar-refractivity contribution >= 4 is 21.6 Å². The zero-order valence-corrected chi connectivity index (χ0v) is 9.39. The van der Waals surface area contributed by atoms with Crippen LogP contribution in [0, 0.1) is 0 Å². The number of nitrogens with zero attached hydrogens (tertiary/aromatic N) is 1. The third-order valence-electron chi connectivity index (χ3n) is 0.896. The lowest BCUT2D eigenvalue weighted by molar-refractivity contribution is 0.438. The number of rotatable bonds is 5. The molecule has 0 aromatic carbocycles. The summed E-state index contributed by atoms with van der Waals surface area (Å²) in [6.45, 7) is 5.18. The lowest BCUT2D eigenvalue weighted by Gasteiger charge is -2.17. The summed E-state index contributed by atoms with van der Waals surface area (Å²) in [6.07, 6.45) is 0. The van der Waals surface area contributed by atoms with Crippen LogP contribution < -0.4 is 5.73 Å². The van der Waals surface area contributed by atoms with E-state index in [4.69, 9.17) is 5.73 Å². The van der Waals surface area contributed by atoms with Gasteiger partial charge in [-0.1, -0.05) is 21.6 Å². The van der Waals surface area contributed by atoms with Crippen molar-refractivity contribution in [2.24, 2.45) is 5.73 Å². The van der Waals surface area contributed by atoms with Gasteiger partial charge >= 0.3 is 0 Å². The Labute approximate surface area is 77.7 Å². The Morgan fingerprint density at radius 1 is 1.36 bits per heavy atom. The van der Waals surface area contributed by atoms with Crippen LogP contribution >= 0.6 is 21.6 Å². The van der Waals surface area contributed by atoms with Gasteiger partial charge in [-0.3, -0.25) is 0 Å². The molecular weight excluding hydrogens is 176 g/mol. The first-order chi connectivity index (χ1) is 4.92. The minimum absolute atomic E-state index is 0.100. The van der Waals surface area contributed by atoms with E-state index in [1.54, 1.807) is 10.8 Å². The van der Waals surface area contributed by atoms with Crippen LogP contribution in [0.2, 0.25) is 0 Å². The van der Waals surface area contributed by atoms with Gasteiger partial charge in [0.25, 0.3) is 0 Å². The summed E-state index contributed by atoms with van der Waals surface area (Å²) < 4.78 is 0. The minimum atomic E-state index is -0.100. The molecule has 2 nitrogen and oxygen atoms in total. The van der Waals surface area contributed by atoms with Gasteiger partial charge in [0.15, 0.2) is 0 Å². The van der Waals surface area contributed by atoms with Gasteiger partial charge in [-0.2, -0.15) is 0 Å². The van der Waals surface area contributed by atoms with Crippen molar-refractivity contribution in [2.45, 2.75) is 18.7 Å². The first-order valence-corrected chi connectivity index (χ1v) is 5.98. The molecule has 11 heavy (non-hydrogen) atoms. The molecule has 0 bridgehead atoms. The van der Waals surface area contributed by atoms with E-state index < -0.39 is 0 Å². The molecule has 0 aliphatic heterocycles. The maximum absolute atomic E-state index is 5.78. The predicted octanol–water partition coefficient (Wildman–Crippen LogP) is 1.62. The molecule has 0 saturated heterocycles. The monoisotopic (exact) mass is 194 g/mol. The Kier molecular flexibility index (Phi) is 5.60. The number of hydrogen-bond acceptors (Lipinski definition) is 4. The Bertz CT molecular complexity index is 99.1. The zero-order chi connectivity index (χ0) is 8.91. The van der Waals surface area contributed by atoms with Crippen LogP contribution in [0.4, 0.5) is 0 Å². The summed E-state index contributed by atoms with van der Waals surface area (Å²) >= 11 is 0. The van der Waals surface area contributed by atoms with E-state index in [1.165, 1.54) is 0 Å². The number of hydrogen-bond donors (Lipinski definition) is 1. The SMILES string of the molecule is CN(C)CCSSC(C)(C)N. The quantitative estimate of drug-likeness (QED) is 0.409. The summed E-state index contributed by atoms with van der Waals surface area (Å²) in [7, 11) is 7.75. The van der Waals surface area contributed by atoms with Crippen LogP contribution in [0.15, 0.2) is 0 Å². The molecule has 0 saturated carbocycles. The molecule has 0 aromatic heterocycles. The second-order valence-electron chi connectivity index (χ2n) is 3.31. The molecule has 0 radical (unpaired) electrons. The Morgan fingerprint density at radius 3 is 2.27 bits per heavy atom. The fraction of sp³-hybridized carbons (Fsp3) is 1.00. The Balaban J connectivity index is 3.15. The normalized spacial score (nSPS) is 12.5. The highest BCUT2D eigenvalue weighted by Crippen LogP contribution is 2.30. The van der Waals surface area contributed by atoms with Crippen LogP contribution in [-0.2, 0) is 0 Å². The second-order valence-corrected chi connectivity index (χ2v) is 6.38. The van der Waals surface area contributed by atoms with Crippen LogP contribution in [0.5, 0.6) is 0 Å². The van der Waals surface area contributed by atoms with Gasteiger partial charge < -0.3 is 10.6 Å². The molecule has 0 aliphatic rings. The largest absolute Gasteiger partial charge is 0.317 e. The second kappa shape index (κ2) is 5.30. The van der Waals surface area contributed by atoms with Crippen molar-refractivity contribution in [3.05, 3.63) is 0 Å². The first kappa shape index (κ1) is 11.6. The summed E-state index contributed by atoms with van der Waals surface area (Å²) in [5, 5.41) is 0. The van der Waals surface area contributed by atoms with Crippen LogP contribution in [0.1, 0.15) is 13.8 Å². The third kappa shape index (κ3) is 10.6. The molecule has 4 heteroatoms. The zero-order valence-electron chi connectivity index (χ0n) is 7.76. The molecular formula is C7H18N2S2. The lowest BCUT2D eigenvalue weighted by atomic mass is 10.4. The topological polar surface area (TPSA) is 29.3 Å². The van der Waals surface area contributed by atoms with E-state index in [0.29, 0.717) is 0 Å². The van der Waals surface area contributed by atoms with E-state index in [9.17, 15) is 0 Å². The highest BCUT2D eigenvalue weighted by Gasteiger charge is 2.10. The molecule has 0 aromatic rings. The fourth-order valence-corrected chi connectivity index (χ4v) is 2.62. The molecule has 0 atom stereocenters. The van der Waals surface area contributed by atoms with Gasteiger partial charge in [0.05, 0.1) is 4.87 Å². The average molecular weight is 194 g/mol. The molecule has 0 amide bonds. The Morgan fingerprint density at radius 2 is 1.91 bits per heavy atom. The van der Waals surface area contributed by atoms with Crippen molar-refractivity contribution in [1.29, 1.82) is 0 Å². The molecule has 0 heterocycles. The molecule has 0 unspecified atom stereocenters.